The third kappa shape index (κ3) is 3.85. The van der Waals surface area contributed by atoms with Gasteiger partial charge in [0.2, 0.25) is 0 Å². The maximum absolute atomic E-state index is 5.29. The Balaban J connectivity index is 2.29. The highest BCUT2D eigenvalue weighted by Gasteiger charge is 2.11. The van der Waals surface area contributed by atoms with Gasteiger partial charge in [-0.3, -0.25) is 0 Å². The molecule has 0 saturated carbocycles. The number of rotatable bonds is 8. The Labute approximate surface area is 126 Å². The lowest BCUT2D eigenvalue weighted by atomic mass is 10.2. The molecule has 1 heterocycles. The van der Waals surface area contributed by atoms with Crippen molar-refractivity contribution in [3.8, 4) is 5.75 Å². The number of benzene rings is 1. The monoisotopic (exact) mass is 287 g/mol. The van der Waals surface area contributed by atoms with Crippen molar-refractivity contribution in [1.82, 2.24) is 14.9 Å². The molecule has 4 heteroatoms. The molecule has 1 aromatic heterocycles. The molecule has 21 heavy (non-hydrogen) atoms. The van der Waals surface area contributed by atoms with Crippen molar-refractivity contribution < 1.29 is 4.74 Å². The Morgan fingerprint density at radius 2 is 2.19 bits per heavy atom. The van der Waals surface area contributed by atoms with Crippen LogP contribution in [0.1, 0.15) is 26.1 Å². The molecule has 0 aliphatic heterocycles. The fourth-order valence-corrected chi connectivity index (χ4v) is 2.43. The summed E-state index contributed by atoms with van der Waals surface area (Å²) >= 11 is 0. The predicted octanol–water partition coefficient (Wildman–Crippen LogP) is 3.16. The van der Waals surface area contributed by atoms with E-state index in [-0.39, 0.29) is 0 Å². The molecule has 0 radical (unpaired) electrons. The topological polar surface area (TPSA) is 39.1 Å². The molecule has 0 spiro atoms. The molecule has 1 aromatic carbocycles. The van der Waals surface area contributed by atoms with E-state index in [0.29, 0.717) is 0 Å². The van der Waals surface area contributed by atoms with Gasteiger partial charge in [0.1, 0.15) is 11.6 Å². The number of allylic oxidation sites excluding steroid dienone is 1. The third-order valence-electron chi connectivity index (χ3n) is 3.41. The Hall–Kier alpha value is -1.81. The quantitative estimate of drug-likeness (QED) is 0.599. The summed E-state index contributed by atoms with van der Waals surface area (Å²) in [6, 6.07) is 6.05. The van der Waals surface area contributed by atoms with Crippen LogP contribution in [-0.4, -0.2) is 29.8 Å². The van der Waals surface area contributed by atoms with Crippen molar-refractivity contribution in [1.29, 1.82) is 0 Å². The molecule has 0 atom stereocenters. The Kier molecular flexibility index (Phi) is 5.39. The van der Waals surface area contributed by atoms with Crippen molar-refractivity contribution in [2.24, 2.45) is 0 Å². The number of ether oxygens (including phenoxy) is 1. The van der Waals surface area contributed by atoms with Crippen LogP contribution in [0.2, 0.25) is 0 Å². The number of hydrogen-bond acceptors (Lipinski definition) is 3. The zero-order valence-corrected chi connectivity index (χ0v) is 13.3. The molecule has 0 bridgehead atoms. The van der Waals surface area contributed by atoms with Gasteiger partial charge in [-0.05, 0) is 32.0 Å². The van der Waals surface area contributed by atoms with Crippen molar-refractivity contribution in [2.45, 2.75) is 33.2 Å². The van der Waals surface area contributed by atoms with Crippen LogP contribution in [0.25, 0.3) is 11.0 Å². The van der Waals surface area contributed by atoms with E-state index in [4.69, 9.17) is 9.72 Å². The summed E-state index contributed by atoms with van der Waals surface area (Å²) in [5, 5.41) is 3.43. The molecule has 0 saturated heterocycles. The summed E-state index contributed by atoms with van der Waals surface area (Å²) in [6.07, 6.45) is 2.07. The van der Waals surface area contributed by atoms with E-state index in [9.17, 15) is 0 Å². The van der Waals surface area contributed by atoms with Crippen molar-refractivity contribution in [2.75, 3.05) is 20.2 Å². The number of methoxy groups -OCH3 is 1. The van der Waals surface area contributed by atoms with Gasteiger partial charge in [-0.15, -0.1) is 0 Å². The van der Waals surface area contributed by atoms with Gasteiger partial charge in [-0.1, -0.05) is 19.1 Å². The molecule has 0 aliphatic carbocycles. The van der Waals surface area contributed by atoms with E-state index in [2.05, 4.69) is 36.4 Å². The molecule has 0 aliphatic rings. The summed E-state index contributed by atoms with van der Waals surface area (Å²) in [5.41, 5.74) is 3.26. The molecule has 2 rings (SSSR count). The van der Waals surface area contributed by atoms with Crippen LogP contribution in [-0.2, 0) is 13.0 Å². The van der Waals surface area contributed by atoms with Gasteiger partial charge in [0.15, 0.2) is 0 Å². The molecule has 0 unspecified atom stereocenters. The Morgan fingerprint density at radius 1 is 1.38 bits per heavy atom. The standard InChI is InChI=1S/C17H25N3O/c1-5-9-18-10-8-17-19-15-11-14(21-4)6-7-16(15)20(17)12-13(2)3/h6-7,11,18H,2,5,8-10,12H2,1,3-4H3. The SMILES string of the molecule is C=C(C)Cn1c(CCNCCC)nc2cc(OC)ccc21. The summed E-state index contributed by atoms with van der Waals surface area (Å²) in [5.74, 6) is 1.95. The number of nitrogens with zero attached hydrogens (tertiary/aromatic N) is 2. The van der Waals surface area contributed by atoms with E-state index in [1.165, 1.54) is 0 Å². The van der Waals surface area contributed by atoms with Crippen molar-refractivity contribution in [3.63, 3.8) is 0 Å². The lowest BCUT2D eigenvalue weighted by molar-refractivity contribution is 0.415. The first-order valence-corrected chi connectivity index (χ1v) is 7.54. The van der Waals surface area contributed by atoms with Crippen LogP contribution in [0, 0.1) is 0 Å². The third-order valence-corrected chi connectivity index (χ3v) is 3.41. The van der Waals surface area contributed by atoms with Crippen LogP contribution >= 0.6 is 0 Å². The number of fused-ring (bicyclic) bond motifs is 1. The van der Waals surface area contributed by atoms with Gasteiger partial charge in [-0.2, -0.15) is 0 Å². The van der Waals surface area contributed by atoms with E-state index in [1.54, 1.807) is 7.11 Å². The van der Waals surface area contributed by atoms with Gasteiger partial charge in [-0.25, -0.2) is 4.98 Å². The lowest BCUT2D eigenvalue weighted by Crippen LogP contribution is -2.19. The maximum Gasteiger partial charge on any atom is 0.121 e. The number of nitrogens with one attached hydrogen (secondary N) is 1. The number of hydrogen-bond donors (Lipinski definition) is 1. The number of imidazole rings is 1. The summed E-state index contributed by atoms with van der Waals surface area (Å²) in [4.78, 5) is 4.77. The number of aromatic nitrogens is 2. The van der Waals surface area contributed by atoms with Gasteiger partial charge >= 0.3 is 0 Å². The van der Waals surface area contributed by atoms with E-state index >= 15 is 0 Å². The molecule has 4 nitrogen and oxygen atoms in total. The van der Waals surface area contributed by atoms with Crippen molar-refractivity contribution in [3.05, 3.63) is 36.2 Å². The Bertz CT molecular complexity index is 616. The molecule has 0 fully saturated rings. The highest BCUT2D eigenvalue weighted by Crippen LogP contribution is 2.22. The largest absolute Gasteiger partial charge is 0.497 e. The first kappa shape index (κ1) is 15.6. The summed E-state index contributed by atoms with van der Waals surface area (Å²) < 4.78 is 7.54. The summed E-state index contributed by atoms with van der Waals surface area (Å²) in [6.45, 7) is 11.1. The van der Waals surface area contributed by atoms with E-state index in [1.807, 2.05) is 12.1 Å². The maximum atomic E-state index is 5.29. The molecular formula is C17H25N3O. The first-order valence-electron chi connectivity index (χ1n) is 7.54. The van der Waals surface area contributed by atoms with E-state index in [0.717, 1.165) is 60.7 Å². The minimum absolute atomic E-state index is 0.811. The zero-order valence-electron chi connectivity index (χ0n) is 13.3. The van der Waals surface area contributed by atoms with Crippen molar-refractivity contribution >= 4 is 11.0 Å². The van der Waals surface area contributed by atoms with Crippen LogP contribution in [0.15, 0.2) is 30.4 Å². The van der Waals surface area contributed by atoms with Crippen LogP contribution < -0.4 is 10.1 Å². The van der Waals surface area contributed by atoms with Crippen LogP contribution in [0.5, 0.6) is 5.75 Å². The molecule has 2 aromatic rings. The van der Waals surface area contributed by atoms with Crippen LogP contribution in [0.4, 0.5) is 0 Å². The first-order chi connectivity index (χ1) is 10.2. The lowest BCUT2D eigenvalue weighted by Gasteiger charge is -2.09. The van der Waals surface area contributed by atoms with Gasteiger partial charge in [0.25, 0.3) is 0 Å². The second kappa shape index (κ2) is 7.27. The summed E-state index contributed by atoms with van der Waals surface area (Å²) in [7, 11) is 1.68. The second-order valence-corrected chi connectivity index (χ2v) is 5.43. The molecule has 1 N–H and O–H groups in total. The zero-order chi connectivity index (χ0) is 15.2. The fraction of sp³-hybridized carbons (Fsp3) is 0.471. The smallest absolute Gasteiger partial charge is 0.121 e. The normalized spacial score (nSPS) is 11.0. The average Bonchev–Trinajstić information content (AvgIpc) is 2.80. The molecular weight excluding hydrogens is 262 g/mol. The van der Waals surface area contributed by atoms with E-state index < -0.39 is 0 Å². The molecule has 0 amide bonds. The second-order valence-electron chi connectivity index (χ2n) is 5.43. The Morgan fingerprint density at radius 3 is 2.86 bits per heavy atom. The van der Waals surface area contributed by atoms with Crippen LogP contribution in [0.3, 0.4) is 0 Å². The highest BCUT2D eigenvalue weighted by molar-refractivity contribution is 5.78. The van der Waals surface area contributed by atoms with Gasteiger partial charge in [0.05, 0.1) is 18.1 Å². The minimum Gasteiger partial charge on any atom is -0.497 e. The highest BCUT2D eigenvalue weighted by atomic mass is 16.5. The van der Waals surface area contributed by atoms with Gasteiger partial charge < -0.3 is 14.6 Å². The average molecular weight is 287 g/mol. The molecule has 114 valence electrons. The predicted molar refractivity (Wildman–Crippen MR) is 88.0 cm³/mol. The fourth-order valence-electron chi connectivity index (χ4n) is 2.43. The van der Waals surface area contributed by atoms with Gasteiger partial charge in [0, 0.05) is 25.6 Å². The minimum atomic E-state index is 0.811.